The van der Waals surface area contributed by atoms with Gasteiger partial charge in [0.1, 0.15) is 112 Å². The summed E-state index contributed by atoms with van der Waals surface area (Å²) in [6.45, 7) is 25.9. The van der Waals surface area contributed by atoms with E-state index in [1.54, 1.807) is 0 Å². The molecule has 35 heteroatoms. The minimum Gasteiger partial charge on any atom is -0.547 e. The van der Waals surface area contributed by atoms with Crippen molar-refractivity contribution in [3.05, 3.63) is 0 Å². The zero-order valence-electron chi connectivity index (χ0n) is 64.5. The molecule has 0 aromatic rings. The van der Waals surface area contributed by atoms with Gasteiger partial charge in [-0.2, -0.15) is 0 Å². The number of carbonyl (C=O) groups excluding carboxylic acids is 5. The molecule has 5 fully saturated rings. The van der Waals surface area contributed by atoms with E-state index in [4.69, 9.17) is 47.4 Å². The van der Waals surface area contributed by atoms with E-state index >= 15 is 0 Å². The Labute approximate surface area is 788 Å². The van der Waals surface area contributed by atoms with Crippen molar-refractivity contribution >= 4 is 29.8 Å². The summed E-state index contributed by atoms with van der Waals surface area (Å²) in [4.78, 5) is 68.2. The number of carbonyl (C=O) groups is 5. The smallest absolute Gasteiger partial charge is 0.547 e. The SMILES string of the molecule is CCCCCC.CO[C@]1(C)C(C)(C(=O)[O-])O[C@@](C)(O[C@]2(C)C(C)(C(=O)[O-])O[C@@](C)(O[C@]3(C)C(C)(C(=O)[O-])O[C@@](C)(O[C@]4(C)C(C)(C(=O)[O-])O[C@@](C)(O[C@]5(C)C(C)(C(=O)[O-])OC(C)(C)C(C)(O)[C@]5(C)O)C(C)(O)C4(C)O)C(C)(O)[C@@]3(C)O)C(C)(O)C2(C)O)C(C)(O)[C@]1(C)O.[K+].[K+].[K+].[K+].[K+]. The predicted molar refractivity (Wildman–Crippen MR) is 310 cm³/mol. The van der Waals surface area contributed by atoms with Crippen molar-refractivity contribution in [2.45, 2.75) is 360 Å². The molecule has 0 aromatic heterocycles. The van der Waals surface area contributed by atoms with Crippen LogP contribution in [-0.4, -0.2) is 229 Å². The van der Waals surface area contributed by atoms with Gasteiger partial charge in [-0.05, 0) is 180 Å². The monoisotopic (exact) mass is 1540 g/mol. The zero-order chi connectivity index (χ0) is 74.3. The standard InChI is InChI=1S/C57H96O30.C6H14.5K/c1-33(2)39(8,68)40(9,69)50(19,35(4,79-33)29(60)61)84-55(24)46(15,75)42(11,71)52(21,37(6,81-55)31(64)65)86-57(26)48(17,77)44(13,73)53(22,38(7,83-57)32(66)67)87-56(25)47(16,76)43(12,72)51(20,36(5,82-56)30(62)63)85-54(23)45(14,74)41(10,70)49(18,78-27)34(3,80-54)28(58)59;1-3-5-6-4-2;;;;;/h68-77H,1-27H3,(H,58,59)(H,60,61)(H,62,63)(H,64,65)(H,66,67);3-6H2,1-2H3;;;;;/q;;5*+1/p-5/t34?,35?,36?,37?,38?,39?,40-,41-,42?,43?,44+,45?,46?,47?,48?,49+,50+,51+,52+,53+,54-,55-,56-,57-;;;;;;/m0....../s1. The quantitative estimate of drug-likeness (QED) is 0.0477. The number of aliphatic hydroxyl groups is 10. The molecule has 5 aliphatic rings. The summed E-state index contributed by atoms with van der Waals surface area (Å²) in [5.41, 5.74) is -64.6. The zero-order valence-corrected chi connectivity index (χ0v) is 80.1. The van der Waals surface area contributed by atoms with Crippen LogP contribution < -0.4 is 282 Å². The minimum atomic E-state index is -3.50. The maximum Gasteiger partial charge on any atom is 1.00 e. The van der Waals surface area contributed by atoms with Gasteiger partial charge in [-0.3, -0.25) is 0 Å². The normalized spacial score (nSPS) is 52.6. The van der Waals surface area contributed by atoms with Gasteiger partial charge in [0.2, 0.25) is 0 Å². The van der Waals surface area contributed by atoms with E-state index in [9.17, 15) is 101 Å². The van der Waals surface area contributed by atoms with Gasteiger partial charge in [0, 0.05) is 7.11 Å². The van der Waals surface area contributed by atoms with Crippen molar-refractivity contribution in [3.63, 3.8) is 0 Å². The van der Waals surface area contributed by atoms with E-state index in [0.29, 0.717) is 48.5 Å². The molecular formula is C63H105K5O30. The molecule has 0 amide bonds. The Kier molecular flexibility index (Phi) is 32.7. The third-order valence-electron chi connectivity index (χ3n) is 25.6. The Morgan fingerprint density at radius 2 is 0.429 bits per heavy atom. The molecule has 0 bridgehead atoms. The maximum absolute atomic E-state index is 14.1. The molecular weight excluding hydrogens is 1430 g/mol. The van der Waals surface area contributed by atoms with Crippen molar-refractivity contribution in [1.29, 1.82) is 0 Å². The Morgan fingerprint density at radius 3 is 0.592 bits per heavy atom. The van der Waals surface area contributed by atoms with Crippen LogP contribution in [0.15, 0.2) is 0 Å². The van der Waals surface area contributed by atoms with Crippen LogP contribution in [0.5, 0.6) is 0 Å². The molecule has 5 saturated heterocycles. The van der Waals surface area contributed by atoms with E-state index < -0.39 is 171 Å². The van der Waals surface area contributed by atoms with Crippen LogP contribution in [0.3, 0.4) is 0 Å². The summed E-state index contributed by atoms with van der Waals surface area (Å²) < 4.78 is 61.5. The molecule has 24 atom stereocenters. The van der Waals surface area contributed by atoms with Gasteiger partial charge in [0.15, 0.2) is 23.1 Å². The Bertz CT molecular complexity index is 2990. The van der Waals surface area contributed by atoms with Crippen LogP contribution in [0, 0.1) is 0 Å². The molecule has 5 rings (SSSR count). The fraction of sp³-hybridized carbons (Fsp3) is 0.921. The van der Waals surface area contributed by atoms with Gasteiger partial charge in [0.05, 0.1) is 35.4 Å². The average Bonchev–Trinajstić information content (AvgIpc) is 0.668. The first kappa shape index (κ1) is 105. The molecule has 98 heavy (non-hydrogen) atoms. The van der Waals surface area contributed by atoms with E-state index in [-0.39, 0.29) is 257 Å². The number of methoxy groups -OCH3 is 1. The van der Waals surface area contributed by atoms with Gasteiger partial charge >= 0.3 is 257 Å². The van der Waals surface area contributed by atoms with Gasteiger partial charge in [0.25, 0.3) is 0 Å². The summed E-state index contributed by atoms with van der Waals surface area (Å²) in [5, 5.41) is 195. The van der Waals surface area contributed by atoms with Crippen LogP contribution >= 0.6 is 0 Å². The molecule has 12 unspecified atom stereocenters. The molecule has 542 valence electrons. The number of aliphatic carboxylic acids is 5. The molecule has 0 aromatic carbocycles. The molecule has 5 aliphatic heterocycles. The number of ether oxygens (including phenoxy) is 10. The van der Waals surface area contributed by atoms with Gasteiger partial charge in [-0.25, -0.2) is 0 Å². The number of hydrogen-bond donors (Lipinski definition) is 10. The number of carboxylic acids is 5. The third-order valence-corrected chi connectivity index (χ3v) is 25.6. The fourth-order valence-corrected chi connectivity index (χ4v) is 15.0. The van der Waals surface area contributed by atoms with Crippen LogP contribution in [0.25, 0.3) is 0 Å². The molecule has 0 radical (unpaired) electrons. The number of unbranched alkanes of at least 4 members (excludes halogenated alkanes) is 3. The molecule has 5 heterocycles. The van der Waals surface area contributed by atoms with Crippen LogP contribution in [-0.2, 0) is 71.3 Å². The van der Waals surface area contributed by atoms with Crippen LogP contribution in [0.4, 0.5) is 0 Å². The van der Waals surface area contributed by atoms with Crippen molar-refractivity contribution in [1.82, 2.24) is 0 Å². The maximum atomic E-state index is 14.1. The van der Waals surface area contributed by atoms with Gasteiger partial charge < -0.3 is 148 Å². The van der Waals surface area contributed by atoms with Crippen molar-refractivity contribution in [2.75, 3.05) is 7.11 Å². The van der Waals surface area contributed by atoms with Crippen molar-refractivity contribution in [3.8, 4) is 0 Å². The third kappa shape index (κ3) is 13.3. The second-order valence-corrected chi connectivity index (χ2v) is 30.6. The number of hydrogen-bond acceptors (Lipinski definition) is 30. The molecule has 0 saturated carbocycles. The van der Waals surface area contributed by atoms with E-state index in [2.05, 4.69) is 13.8 Å². The van der Waals surface area contributed by atoms with E-state index in [1.807, 2.05) is 0 Å². The summed E-state index contributed by atoms with van der Waals surface area (Å²) in [6.07, 6.45) is 5.54. The van der Waals surface area contributed by atoms with Gasteiger partial charge in [-0.1, -0.05) is 39.5 Å². The number of rotatable bonds is 17. The topological polar surface area (TPSA) is 495 Å². The second-order valence-electron chi connectivity index (χ2n) is 30.6. The Balaban J connectivity index is 0. The largest absolute Gasteiger partial charge is 1.00 e. The summed E-state index contributed by atoms with van der Waals surface area (Å²) >= 11 is 0. The first-order valence-corrected chi connectivity index (χ1v) is 30.7. The molecule has 30 nitrogen and oxygen atoms in total. The van der Waals surface area contributed by atoms with Crippen LogP contribution in [0.1, 0.15) is 220 Å². The first-order valence-electron chi connectivity index (χ1n) is 30.7. The van der Waals surface area contributed by atoms with E-state index in [0.717, 1.165) is 125 Å². The summed E-state index contributed by atoms with van der Waals surface area (Å²) in [5.74, 6) is -24.3. The second kappa shape index (κ2) is 30.6. The molecule has 10 N–H and O–H groups in total. The van der Waals surface area contributed by atoms with Crippen LogP contribution in [0.2, 0.25) is 0 Å². The van der Waals surface area contributed by atoms with E-state index in [1.165, 1.54) is 39.5 Å². The van der Waals surface area contributed by atoms with Gasteiger partial charge in [-0.15, -0.1) is 0 Å². The number of carboxylic acid groups (broad SMARTS) is 5. The molecule has 0 aliphatic carbocycles. The molecule has 0 spiro atoms. The summed E-state index contributed by atoms with van der Waals surface area (Å²) in [7, 11) is 0.968. The average molecular weight is 1540 g/mol. The predicted octanol–water partition coefficient (Wildman–Crippen LogP) is -19.1. The van der Waals surface area contributed by atoms with Crippen molar-refractivity contribution < 1.29 is 405 Å². The van der Waals surface area contributed by atoms with Crippen molar-refractivity contribution in [2.24, 2.45) is 0 Å². The fourth-order valence-electron chi connectivity index (χ4n) is 15.0. The first-order chi connectivity index (χ1) is 40.6. The Hall–Kier alpha value is 4.73. The summed E-state index contributed by atoms with van der Waals surface area (Å²) in [6, 6.07) is 0. The Morgan fingerprint density at radius 1 is 0.276 bits per heavy atom. The minimum absolute atomic E-state index is 0.